The van der Waals surface area contributed by atoms with Gasteiger partial charge in [0.15, 0.2) is 0 Å². The van der Waals surface area contributed by atoms with E-state index in [4.69, 9.17) is 12.2 Å². The molecular formula is C9H9BrN4S. The average molecular weight is 285 g/mol. The Labute approximate surface area is 100 Å². The highest BCUT2D eigenvalue weighted by molar-refractivity contribution is 9.10. The van der Waals surface area contributed by atoms with Gasteiger partial charge in [0, 0.05) is 4.47 Å². The molecule has 1 aromatic carbocycles. The first-order valence-corrected chi connectivity index (χ1v) is 5.57. The molecule has 1 aromatic heterocycles. The van der Waals surface area contributed by atoms with Crippen LogP contribution in [0.3, 0.4) is 0 Å². The van der Waals surface area contributed by atoms with Gasteiger partial charge in [-0.2, -0.15) is 5.21 Å². The Morgan fingerprint density at radius 1 is 1.33 bits per heavy atom. The van der Waals surface area contributed by atoms with E-state index in [0.717, 1.165) is 21.3 Å². The fourth-order valence-electron chi connectivity index (χ4n) is 1.42. The molecule has 15 heavy (non-hydrogen) atoms. The van der Waals surface area contributed by atoms with E-state index < -0.39 is 0 Å². The lowest BCUT2D eigenvalue weighted by Crippen LogP contribution is -1.98. The number of nitrogens with zero attached hydrogens (tertiary/aromatic N) is 3. The zero-order valence-electron chi connectivity index (χ0n) is 8.28. The third-order valence-electron chi connectivity index (χ3n) is 2.15. The van der Waals surface area contributed by atoms with Gasteiger partial charge in [-0.1, -0.05) is 26.2 Å². The van der Waals surface area contributed by atoms with Gasteiger partial charge < -0.3 is 0 Å². The number of nitrogens with one attached hydrogen (secondary N) is 1. The van der Waals surface area contributed by atoms with E-state index in [2.05, 4.69) is 31.5 Å². The lowest BCUT2D eigenvalue weighted by molar-refractivity contribution is 0.784. The number of halogens is 1. The van der Waals surface area contributed by atoms with Crippen molar-refractivity contribution in [3.05, 3.63) is 32.5 Å². The summed E-state index contributed by atoms with van der Waals surface area (Å²) in [4.78, 5) is 0. The zero-order valence-corrected chi connectivity index (χ0v) is 10.7. The molecule has 2 aromatic rings. The van der Waals surface area contributed by atoms with Crippen LogP contribution >= 0.6 is 28.1 Å². The summed E-state index contributed by atoms with van der Waals surface area (Å²) in [5, 5.41) is 10.1. The average Bonchev–Trinajstić information content (AvgIpc) is 2.60. The highest BCUT2D eigenvalue weighted by atomic mass is 79.9. The Morgan fingerprint density at radius 3 is 2.40 bits per heavy atom. The van der Waals surface area contributed by atoms with Gasteiger partial charge in [0.1, 0.15) is 0 Å². The summed E-state index contributed by atoms with van der Waals surface area (Å²) in [6, 6.07) is 4.04. The van der Waals surface area contributed by atoms with Crippen LogP contribution < -0.4 is 0 Å². The summed E-state index contributed by atoms with van der Waals surface area (Å²) < 4.78 is 3.21. The number of aromatic amines is 1. The number of tetrazole rings is 1. The van der Waals surface area contributed by atoms with Crippen molar-refractivity contribution in [3.8, 4) is 5.69 Å². The summed E-state index contributed by atoms with van der Waals surface area (Å²) in [6.07, 6.45) is 0. The maximum absolute atomic E-state index is 5.03. The Bertz CT molecular complexity index is 534. The molecule has 0 saturated carbocycles. The number of H-pyrrole nitrogens is 1. The van der Waals surface area contributed by atoms with Crippen molar-refractivity contribution >= 4 is 28.1 Å². The summed E-state index contributed by atoms with van der Waals surface area (Å²) in [5.74, 6) is 0. The van der Waals surface area contributed by atoms with Gasteiger partial charge in [0.25, 0.3) is 0 Å². The number of hydrogen-bond donors (Lipinski definition) is 1. The summed E-state index contributed by atoms with van der Waals surface area (Å²) in [7, 11) is 0. The molecule has 2 rings (SSSR count). The van der Waals surface area contributed by atoms with Gasteiger partial charge in [-0.05, 0) is 49.3 Å². The minimum atomic E-state index is 0.427. The Hall–Kier alpha value is -1.01. The quantitative estimate of drug-likeness (QED) is 0.819. The topological polar surface area (TPSA) is 46.5 Å². The lowest BCUT2D eigenvalue weighted by atomic mass is 10.1. The summed E-state index contributed by atoms with van der Waals surface area (Å²) in [5.41, 5.74) is 3.26. The molecular weight excluding hydrogens is 276 g/mol. The SMILES string of the molecule is Cc1cc(-n2[nH]nnc2=S)cc(C)c1Br. The van der Waals surface area contributed by atoms with Crippen LogP contribution in [0.25, 0.3) is 5.69 Å². The second-order valence-corrected chi connectivity index (χ2v) is 4.47. The first-order valence-electron chi connectivity index (χ1n) is 4.37. The number of benzene rings is 1. The van der Waals surface area contributed by atoms with Gasteiger partial charge in [-0.25, -0.2) is 4.68 Å². The molecule has 0 fully saturated rings. The van der Waals surface area contributed by atoms with E-state index >= 15 is 0 Å². The smallest absolute Gasteiger partial charge is 0.210 e. The second-order valence-electron chi connectivity index (χ2n) is 3.31. The van der Waals surface area contributed by atoms with Crippen LogP contribution in [-0.2, 0) is 0 Å². The first kappa shape index (κ1) is 10.5. The van der Waals surface area contributed by atoms with E-state index in [1.807, 2.05) is 26.0 Å². The van der Waals surface area contributed by atoms with Crippen LogP contribution in [0.4, 0.5) is 0 Å². The van der Waals surface area contributed by atoms with E-state index in [9.17, 15) is 0 Å². The largest absolute Gasteiger partial charge is 0.242 e. The van der Waals surface area contributed by atoms with Crippen molar-refractivity contribution in [3.63, 3.8) is 0 Å². The van der Waals surface area contributed by atoms with Crippen LogP contribution in [0.1, 0.15) is 11.1 Å². The van der Waals surface area contributed by atoms with E-state index in [1.165, 1.54) is 0 Å². The Morgan fingerprint density at radius 2 is 1.93 bits per heavy atom. The van der Waals surface area contributed by atoms with Gasteiger partial charge in [0.2, 0.25) is 4.77 Å². The summed E-state index contributed by atoms with van der Waals surface area (Å²) in [6.45, 7) is 4.07. The molecule has 1 N–H and O–H groups in total. The number of hydrogen-bond acceptors (Lipinski definition) is 3. The molecule has 6 heteroatoms. The molecule has 1 heterocycles. The molecule has 0 amide bonds. The van der Waals surface area contributed by atoms with Crippen LogP contribution in [0, 0.1) is 18.6 Å². The van der Waals surface area contributed by atoms with Crippen molar-refractivity contribution in [2.75, 3.05) is 0 Å². The first-order chi connectivity index (χ1) is 7.09. The van der Waals surface area contributed by atoms with Crippen LogP contribution in [0.2, 0.25) is 0 Å². The minimum Gasteiger partial charge on any atom is -0.210 e. The Balaban J connectivity index is 2.66. The normalized spacial score (nSPS) is 10.6. The molecule has 78 valence electrons. The monoisotopic (exact) mass is 284 g/mol. The maximum Gasteiger partial charge on any atom is 0.242 e. The highest BCUT2D eigenvalue weighted by Gasteiger charge is 2.05. The molecule has 0 radical (unpaired) electrons. The predicted octanol–water partition coefficient (Wildman–Crippen LogP) is 2.70. The molecule has 0 aliphatic heterocycles. The van der Waals surface area contributed by atoms with Crippen LogP contribution in [-0.4, -0.2) is 20.2 Å². The van der Waals surface area contributed by atoms with Crippen molar-refractivity contribution in [1.82, 2.24) is 20.2 Å². The van der Waals surface area contributed by atoms with E-state index in [-0.39, 0.29) is 0 Å². The number of rotatable bonds is 1. The maximum atomic E-state index is 5.03. The second kappa shape index (κ2) is 3.86. The molecule has 0 saturated heterocycles. The van der Waals surface area contributed by atoms with Gasteiger partial charge in [-0.15, -0.1) is 0 Å². The molecule has 4 nitrogen and oxygen atoms in total. The third-order valence-corrected chi connectivity index (χ3v) is 3.67. The Kier molecular flexibility index (Phi) is 2.70. The van der Waals surface area contributed by atoms with Crippen LogP contribution in [0.15, 0.2) is 16.6 Å². The van der Waals surface area contributed by atoms with Crippen molar-refractivity contribution in [2.45, 2.75) is 13.8 Å². The van der Waals surface area contributed by atoms with E-state index in [1.54, 1.807) is 4.68 Å². The number of aryl methyl sites for hydroxylation is 2. The molecule has 0 unspecified atom stereocenters. The highest BCUT2D eigenvalue weighted by Crippen LogP contribution is 2.23. The third kappa shape index (κ3) is 1.87. The molecule has 0 spiro atoms. The fourth-order valence-corrected chi connectivity index (χ4v) is 1.83. The molecule has 0 aliphatic carbocycles. The molecule has 0 aliphatic rings. The minimum absolute atomic E-state index is 0.427. The van der Waals surface area contributed by atoms with Crippen molar-refractivity contribution < 1.29 is 0 Å². The lowest BCUT2D eigenvalue weighted by Gasteiger charge is -2.07. The predicted molar refractivity (Wildman–Crippen MR) is 63.7 cm³/mol. The number of aromatic nitrogens is 4. The van der Waals surface area contributed by atoms with Gasteiger partial charge >= 0.3 is 0 Å². The zero-order chi connectivity index (χ0) is 11.0. The van der Waals surface area contributed by atoms with Gasteiger partial charge in [-0.3, -0.25) is 0 Å². The van der Waals surface area contributed by atoms with Crippen molar-refractivity contribution in [2.24, 2.45) is 0 Å². The van der Waals surface area contributed by atoms with Crippen LogP contribution in [0.5, 0.6) is 0 Å². The van der Waals surface area contributed by atoms with E-state index in [0.29, 0.717) is 4.77 Å². The fraction of sp³-hybridized carbons (Fsp3) is 0.222. The summed E-state index contributed by atoms with van der Waals surface area (Å²) >= 11 is 8.55. The van der Waals surface area contributed by atoms with Crippen molar-refractivity contribution in [1.29, 1.82) is 0 Å². The molecule has 0 atom stereocenters. The molecule has 0 bridgehead atoms. The van der Waals surface area contributed by atoms with Gasteiger partial charge in [0.05, 0.1) is 5.69 Å². The standard InChI is InChI=1S/C9H9BrN4S/c1-5-3-7(4-6(2)8(5)10)14-9(15)11-12-13-14/h3-4H,1-2H3,(H,11,13,15).